The van der Waals surface area contributed by atoms with Crippen LogP contribution in [0.15, 0.2) is 46.9 Å². The quantitative estimate of drug-likeness (QED) is 0.633. The summed E-state index contributed by atoms with van der Waals surface area (Å²) in [5.74, 6) is -0.295. The molecule has 3 rings (SSSR count). The molecule has 0 fully saturated rings. The molecule has 1 amide bonds. The first-order chi connectivity index (χ1) is 12.0. The molecule has 0 saturated carbocycles. The number of nitrogens with one attached hydrogen (secondary N) is 1. The van der Waals surface area contributed by atoms with Crippen LogP contribution in [0.4, 0.5) is 5.13 Å². The number of fused-ring (bicyclic) bond motifs is 1. The zero-order valence-corrected chi connectivity index (χ0v) is 15.5. The average Bonchev–Trinajstić information content (AvgIpc) is 3.00. The third kappa shape index (κ3) is 4.34. The SMILES string of the molecule is COc1ccc2nc(NC(=O)COC(=O)c3cccc(Br)c3)sc2c1. The maximum atomic E-state index is 12.0. The van der Waals surface area contributed by atoms with Crippen LogP contribution in [-0.2, 0) is 9.53 Å². The van der Waals surface area contributed by atoms with E-state index in [2.05, 4.69) is 26.2 Å². The Bertz CT molecular complexity index is 941. The molecule has 3 aromatic rings. The number of anilines is 1. The van der Waals surface area contributed by atoms with Crippen LogP contribution < -0.4 is 10.1 Å². The molecule has 25 heavy (non-hydrogen) atoms. The number of esters is 1. The van der Waals surface area contributed by atoms with Crippen LogP contribution in [0.3, 0.4) is 0 Å². The van der Waals surface area contributed by atoms with Crippen molar-refractivity contribution in [3.8, 4) is 5.75 Å². The van der Waals surface area contributed by atoms with E-state index < -0.39 is 11.9 Å². The van der Waals surface area contributed by atoms with E-state index >= 15 is 0 Å². The standard InChI is InChI=1S/C17H13BrN2O4S/c1-23-12-5-6-13-14(8-12)25-17(19-13)20-15(21)9-24-16(22)10-3-2-4-11(18)7-10/h2-8H,9H2,1H3,(H,19,20,21). The van der Waals surface area contributed by atoms with Gasteiger partial charge in [-0.05, 0) is 36.4 Å². The van der Waals surface area contributed by atoms with Gasteiger partial charge in [-0.1, -0.05) is 33.3 Å². The van der Waals surface area contributed by atoms with Crippen LogP contribution in [0.25, 0.3) is 10.2 Å². The molecule has 128 valence electrons. The minimum Gasteiger partial charge on any atom is -0.497 e. The van der Waals surface area contributed by atoms with E-state index in [1.807, 2.05) is 12.1 Å². The predicted octanol–water partition coefficient (Wildman–Crippen LogP) is 3.86. The molecule has 1 aromatic heterocycles. The summed E-state index contributed by atoms with van der Waals surface area (Å²) in [5.41, 5.74) is 1.13. The zero-order chi connectivity index (χ0) is 17.8. The van der Waals surface area contributed by atoms with Gasteiger partial charge in [0, 0.05) is 4.47 Å². The molecule has 0 radical (unpaired) electrons. The van der Waals surface area contributed by atoms with E-state index in [1.54, 1.807) is 37.4 Å². The molecule has 0 atom stereocenters. The lowest BCUT2D eigenvalue weighted by Gasteiger charge is -2.04. The number of methoxy groups -OCH3 is 1. The topological polar surface area (TPSA) is 77.5 Å². The predicted molar refractivity (Wildman–Crippen MR) is 99.2 cm³/mol. The van der Waals surface area contributed by atoms with Crippen LogP contribution in [-0.4, -0.2) is 30.6 Å². The van der Waals surface area contributed by atoms with E-state index in [0.717, 1.165) is 20.4 Å². The molecule has 8 heteroatoms. The normalized spacial score (nSPS) is 10.5. The Labute approximate surface area is 155 Å². The second-order valence-corrected chi connectivity index (χ2v) is 6.93. The Morgan fingerprint density at radius 3 is 2.84 bits per heavy atom. The smallest absolute Gasteiger partial charge is 0.338 e. The summed E-state index contributed by atoms with van der Waals surface area (Å²) in [6, 6.07) is 12.2. The van der Waals surface area contributed by atoms with Crippen molar-refractivity contribution in [2.45, 2.75) is 0 Å². The van der Waals surface area contributed by atoms with Crippen molar-refractivity contribution in [2.24, 2.45) is 0 Å². The number of thiazole rings is 1. The van der Waals surface area contributed by atoms with Gasteiger partial charge in [-0.3, -0.25) is 10.1 Å². The van der Waals surface area contributed by atoms with Gasteiger partial charge in [-0.25, -0.2) is 9.78 Å². The Kier molecular flexibility index (Phi) is 5.30. The molecule has 0 bridgehead atoms. The van der Waals surface area contributed by atoms with Gasteiger partial charge in [0.15, 0.2) is 11.7 Å². The molecule has 1 N–H and O–H groups in total. The molecule has 0 aliphatic heterocycles. The first kappa shape index (κ1) is 17.4. The van der Waals surface area contributed by atoms with E-state index in [-0.39, 0.29) is 6.61 Å². The summed E-state index contributed by atoms with van der Waals surface area (Å²) in [4.78, 5) is 28.2. The first-order valence-corrected chi connectivity index (χ1v) is 8.83. The van der Waals surface area contributed by atoms with Gasteiger partial charge in [0.2, 0.25) is 0 Å². The van der Waals surface area contributed by atoms with Crippen LogP contribution in [0, 0.1) is 0 Å². The van der Waals surface area contributed by atoms with Crippen molar-refractivity contribution < 1.29 is 19.1 Å². The number of aromatic nitrogens is 1. The van der Waals surface area contributed by atoms with Crippen molar-refractivity contribution in [3.05, 3.63) is 52.5 Å². The summed E-state index contributed by atoms with van der Waals surface area (Å²) in [6.07, 6.45) is 0. The molecule has 0 spiro atoms. The van der Waals surface area contributed by atoms with Crippen LogP contribution in [0.1, 0.15) is 10.4 Å². The fraction of sp³-hybridized carbons (Fsp3) is 0.118. The van der Waals surface area contributed by atoms with Gasteiger partial charge >= 0.3 is 5.97 Å². The Balaban J connectivity index is 1.60. The minimum atomic E-state index is -0.564. The molecule has 0 saturated heterocycles. The highest BCUT2D eigenvalue weighted by atomic mass is 79.9. The zero-order valence-electron chi connectivity index (χ0n) is 13.1. The Hall–Kier alpha value is -2.45. The average molecular weight is 421 g/mol. The lowest BCUT2D eigenvalue weighted by atomic mass is 10.2. The van der Waals surface area contributed by atoms with E-state index in [1.165, 1.54) is 11.3 Å². The van der Waals surface area contributed by atoms with Crippen molar-refractivity contribution in [2.75, 3.05) is 19.0 Å². The van der Waals surface area contributed by atoms with Crippen LogP contribution in [0.2, 0.25) is 0 Å². The highest BCUT2D eigenvalue weighted by Crippen LogP contribution is 2.29. The number of hydrogen-bond acceptors (Lipinski definition) is 6. The fourth-order valence-corrected chi connectivity index (χ4v) is 3.38. The molecule has 1 heterocycles. The second kappa shape index (κ2) is 7.62. The van der Waals surface area contributed by atoms with Crippen LogP contribution in [0.5, 0.6) is 5.75 Å². The van der Waals surface area contributed by atoms with Crippen molar-refractivity contribution in [1.29, 1.82) is 0 Å². The molecular weight excluding hydrogens is 408 g/mol. The summed E-state index contributed by atoms with van der Waals surface area (Å²) < 4.78 is 11.8. The molecular formula is C17H13BrN2O4S. The maximum Gasteiger partial charge on any atom is 0.338 e. The lowest BCUT2D eigenvalue weighted by molar-refractivity contribution is -0.119. The molecule has 0 unspecified atom stereocenters. The summed E-state index contributed by atoms with van der Waals surface area (Å²) in [6.45, 7) is -0.384. The van der Waals surface area contributed by atoms with Gasteiger partial charge in [-0.15, -0.1) is 0 Å². The summed E-state index contributed by atoms with van der Waals surface area (Å²) in [5, 5.41) is 3.07. The fourth-order valence-electron chi connectivity index (χ4n) is 2.07. The largest absolute Gasteiger partial charge is 0.497 e. The molecule has 2 aromatic carbocycles. The van der Waals surface area contributed by atoms with Gasteiger partial charge in [0.25, 0.3) is 5.91 Å². The number of rotatable bonds is 5. The van der Waals surface area contributed by atoms with Gasteiger partial charge in [0.1, 0.15) is 5.75 Å². The number of benzene rings is 2. The molecule has 6 nitrogen and oxygen atoms in total. The number of carbonyl (C=O) groups is 2. The number of hydrogen-bond donors (Lipinski definition) is 1. The van der Waals surface area contributed by atoms with E-state index in [0.29, 0.717) is 10.7 Å². The minimum absolute atomic E-state index is 0.370. The lowest BCUT2D eigenvalue weighted by Crippen LogP contribution is -2.20. The first-order valence-electron chi connectivity index (χ1n) is 7.22. The number of ether oxygens (including phenoxy) is 2. The van der Waals surface area contributed by atoms with Gasteiger partial charge < -0.3 is 9.47 Å². The molecule has 0 aliphatic rings. The number of amides is 1. The highest BCUT2D eigenvalue weighted by molar-refractivity contribution is 9.10. The second-order valence-electron chi connectivity index (χ2n) is 4.99. The number of nitrogens with zero attached hydrogens (tertiary/aromatic N) is 1. The third-order valence-electron chi connectivity index (χ3n) is 3.24. The number of halogens is 1. The van der Waals surface area contributed by atoms with Gasteiger partial charge in [0.05, 0.1) is 22.9 Å². The van der Waals surface area contributed by atoms with Crippen molar-refractivity contribution >= 4 is 54.5 Å². The monoisotopic (exact) mass is 420 g/mol. The molecule has 0 aliphatic carbocycles. The maximum absolute atomic E-state index is 12.0. The highest BCUT2D eigenvalue weighted by Gasteiger charge is 2.12. The number of carbonyl (C=O) groups excluding carboxylic acids is 2. The van der Waals surface area contributed by atoms with Crippen molar-refractivity contribution in [3.63, 3.8) is 0 Å². The van der Waals surface area contributed by atoms with Gasteiger partial charge in [-0.2, -0.15) is 0 Å². The summed E-state index contributed by atoms with van der Waals surface area (Å²) >= 11 is 4.60. The van der Waals surface area contributed by atoms with E-state index in [4.69, 9.17) is 9.47 Å². The Morgan fingerprint density at radius 2 is 2.08 bits per heavy atom. The van der Waals surface area contributed by atoms with E-state index in [9.17, 15) is 9.59 Å². The Morgan fingerprint density at radius 1 is 1.24 bits per heavy atom. The van der Waals surface area contributed by atoms with Crippen LogP contribution >= 0.6 is 27.3 Å². The third-order valence-corrected chi connectivity index (χ3v) is 4.66. The van der Waals surface area contributed by atoms with Crippen molar-refractivity contribution in [1.82, 2.24) is 4.98 Å². The summed E-state index contributed by atoms with van der Waals surface area (Å²) in [7, 11) is 1.59.